The van der Waals surface area contributed by atoms with Crippen LogP contribution < -0.4 is 0 Å². The summed E-state index contributed by atoms with van der Waals surface area (Å²) in [5, 5.41) is 27.3. The van der Waals surface area contributed by atoms with Crippen LogP contribution >= 0.6 is 0 Å². The van der Waals surface area contributed by atoms with Crippen molar-refractivity contribution in [3.8, 4) is 0 Å². The van der Waals surface area contributed by atoms with Gasteiger partial charge in [-0.15, -0.1) is 0 Å². The molecule has 0 rings (SSSR count). The van der Waals surface area contributed by atoms with Crippen molar-refractivity contribution >= 4 is 0 Å². The quantitative estimate of drug-likeness (QED) is 0.545. The highest BCUT2D eigenvalue weighted by Gasteiger charge is 2.37. The van der Waals surface area contributed by atoms with E-state index in [1.807, 2.05) is 13.8 Å². The van der Waals surface area contributed by atoms with Crippen LogP contribution in [-0.4, -0.2) is 34.6 Å². The normalized spacial score (nSPS) is 15.5. The standard InChI is InChI=1S/C8H18O3/c1-6(2)8(4-9,5-10)7(3)11/h6-7,9-11H,4-5H2,1-3H3. The molecule has 0 saturated heterocycles. The Hall–Kier alpha value is -0.120. The van der Waals surface area contributed by atoms with E-state index in [4.69, 9.17) is 10.2 Å². The van der Waals surface area contributed by atoms with Crippen molar-refractivity contribution in [1.29, 1.82) is 0 Å². The predicted octanol–water partition coefficient (Wildman–Crippen LogP) is -0.00580. The molecule has 11 heavy (non-hydrogen) atoms. The summed E-state index contributed by atoms with van der Waals surface area (Å²) in [5.41, 5.74) is -0.750. The summed E-state index contributed by atoms with van der Waals surface area (Å²) in [6.45, 7) is 4.97. The van der Waals surface area contributed by atoms with Crippen LogP contribution in [0.15, 0.2) is 0 Å². The smallest absolute Gasteiger partial charge is 0.0614 e. The molecule has 1 atom stereocenters. The van der Waals surface area contributed by atoms with Gasteiger partial charge in [0.05, 0.1) is 19.3 Å². The first-order valence-corrected chi connectivity index (χ1v) is 3.91. The van der Waals surface area contributed by atoms with E-state index < -0.39 is 11.5 Å². The van der Waals surface area contributed by atoms with Crippen molar-refractivity contribution in [2.75, 3.05) is 13.2 Å². The summed E-state index contributed by atoms with van der Waals surface area (Å²) in [5.74, 6) is 0.0671. The number of aliphatic hydroxyl groups excluding tert-OH is 3. The van der Waals surface area contributed by atoms with Gasteiger partial charge in [0.1, 0.15) is 0 Å². The van der Waals surface area contributed by atoms with Gasteiger partial charge in [-0.2, -0.15) is 0 Å². The Morgan fingerprint density at radius 3 is 1.45 bits per heavy atom. The highest BCUT2D eigenvalue weighted by atomic mass is 16.3. The summed E-state index contributed by atoms with van der Waals surface area (Å²) in [7, 11) is 0. The lowest BCUT2D eigenvalue weighted by Crippen LogP contribution is -2.44. The second-order valence-electron chi connectivity index (χ2n) is 3.38. The maximum atomic E-state index is 9.31. The maximum absolute atomic E-state index is 9.31. The predicted molar refractivity (Wildman–Crippen MR) is 43.1 cm³/mol. The largest absolute Gasteiger partial charge is 0.396 e. The fourth-order valence-electron chi connectivity index (χ4n) is 1.16. The molecule has 0 aliphatic carbocycles. The first-order chi connectivity index (χ1) is 5.01. The minimum atomic E-state index is -0.750. The SMILES string of the molecule is CC(C)C(CO)(CO)C(C)O. The Labute approximate surface area is 67.7 Å². The summed E-state index contributed by atoms with van der Waals surface area (Å²) in [6.07, 6.45) is -0.683. The molecule has 0 aromatic rings. The van der Waals surface area contributed by atoms with Gasteiger partial charge >= 0.3 is 0 Å². The number of aliphatic hydroxyl groups is 3. The van der Waals surface area contributed by atoms with Crippen molar-refractivity contribution < 1.29 is 15.3 Å². The van der Waals surface area contributed by atoms with Crippen LogP contribution in [0.5, 0.6) is 0 Å². The van der Waals surface area contributed by atoms with Gasteiger partial charge in [0.15, 0.2) is 0 Å². The summed E-state index contributed by atoms with van der Waals surface area (Å²) in [6, 6.07) is 0. The van der Waals surface area contributed by atoms with E-state index in [0.717, 1.165) is 0 Å². The Balaban J connectivity index is 4.46. The number of hydrogen-bond donors (Lipinski definition) is 3. The molecule has 0 saturated carbocycles. The van der Waals surface area contributed by atoms with Gasteiger partial charge in [0.2, 0.25) is 0 Å². The molecule has 3 heteroatoms. The molecule has 0 aliphatic heterocycles. The van der Waals surface area contributed by atoms with Crippen LogP contribution in [-0.2, 0) is 0 Å². The van der Waals surface area contributed by atoms with E-state index in [-0.39, 0.29) is 19.1 Å². The van der Waals surface area contributed by atoms with E-state index in [1.54, 1.807) is 6.92 Å². The molecular weight excluding hydrogens is 144 g/mol. The van der Waals surface area contributed by atoms with Gasteiger partial charge in [-0.05, 0) is 12.8 Å². The van der Waals surface area contributed by atoms with Crippen LogP contribution in [0.3, 0.4) is 0 Å². The lowest BCUT2D eigenvalue weighted by atomic mass is 9.74. The first-order valence-electron chi connectivity index (χ1n) is 3.91. The molecule has 0 radical (unpaired) electrons. The molecule has 3 N–H and O–H groups in total. The van der Waals surface area contributed by atoms with Gasteiger partial charge in [-0.25, -0.2) is 0 Å². The molecule has 0 spiro atoms. The van der Waals surface area contributed by atoms with E-state index >= 15 is 0 Å². The Kier molecular flexibility index (Phi) is 4.00. The van der Waals surface area contributed by atoms with Gasteiger partial charge in [0.25, 0.3) is 0 Å². The molecule has 68 valence electrons. The summed E-state index contributed by atoms with van der Waals surface area (Å²) in [4.78, 5) is 0. The lowest BCUT2D eigenvalue weighted by molar-refractivity contribution is -0.0738. The molecule has 0 amide bonds. The molecule has 3 nitrogen and oxygen atoms in total. The molecule has 0 heterocycles. The molecular formula is C8H18O3. The second kappa shape index (κ2) is 4.04. The Bertz CT molecular complexity index is 95.9. The topological polar surface area (TPSA) is 60.7 Å². The van der Waals surface area contributed by atoms with Crippen molar-refractivity contribution in [2.24, 2.45) is 11.3 Å². The van der Waals surface area contributed by atoms with Crippen molar-refractivity contribution in [3.05, 3.63) is 0 Å². The highest BCUT2D eigenvalue weighted by Crippen LogP contribution is 2.30. The summed E-state index contributed by atoms with van der Waals surface area (Å²) < 4.78 is 0. The van der Waals surface area contributed by atoms with Gasteiger partial charge < -0.3 is 15.3 Å². The van der Waals surface area contributed by atoms with Crippen molar-refractivity contribution in [2.45, 2.75) is 26.9 Å². The third kappa shape index (κ3) is 1.92. The second-order valence-corrected chi connectivity index (χ2v) is 3.38. The Morgan fingerprint density at radius 2 is 1.45 bits per heavy atom. The zero-order valence-corrected chi connectivity index (χ0v) is 7.41. The fraction of sp³-hybridized carbons (Fsp3) is 1.00. The first kappa shape index (κ1) is 10.9. The van der Waals surface area contributed by atoms with Gasteiger partial charge in [-0.1, -0.05) is 13.8 Å². The van der Waals surface area contributed by atoms with Crippen molar-refractivity contribution in [3.63, 3.8) is 0 Å². The minimum Gasteiger partial charge on any atom is -0.396 e. The monoisotopic (exact) mass is 162 g/mol. The molecule has 0 aliphatic rings. The third-order valence-corrected chi connectivity index (χ3v) is 2.57. The van der Waals surface area contributed by atoms with Crippen molar-refractivity contribution in [1.82, 2.24) is 0 Å². The van der Waals surface area contributed by atoms with Gasteiger partial charge in [0, 0.05) is 5.41 Å². The number of hydrogen-bond acceptors (Lipinski definition) is 3. The fourth-order valence-corrected chi connectivity index (χ4v) is 1.16. The minimum absolute atomic E-state index is 0.0671. The average Bonchev–Trinajstić information content (AvgIpc) is 1.90. The Morgan fingerprint density at radius 1 is 1.09 bits per heavy atom. The summed E-state index contributed by atoms with van der Waals surface area (Å²) >= 11 is 0. The van der Waals surface area contributed by atoms with E-state index in [1.165, 1.54) is 0 Å². The average molecular weight is 162 g/mol. The van der Waals surface area contributed by atoms with Crippen LogP contribution in [0.1, 0.15) is 20.8 Å². The maximum Gasteiger partial charge on any atom is 0.0614 e. The number of rotatable bonds is 4. The third-order valence-electron chi connectivity index (χ3n) is 2.57. The van der Waals surface area contributed by atoms with Gasteiger partial charge in [-0.3, -0.25) is 0 Å². The van der Waals surface area contributed by atoms with Crippen LogP contribution in [0.4, 0.5) is 0 Å². The molecule has 0 bridgehead atoms. The zero-order valence-electron chi connectivity index (χ0n) is 7.41. The molecule has 0 aromatic carbocycles. The highest BCUT2D eigenvalue weighted by molar-refractivity contribution is 4.85. The van der Waals surface area contributed by atoms with E-state index in [9.17, 15) is 5.11 Å². The molecule has 0 fully saturated rings. The molecule has 1 unspecified atom stereocenters. The van der Waals surface area contributed by atoms with E-state index in [2.05, 4.69) is 0 Å². The van der Waals surface area contributed by atoms with Crippen LogP contribution in [0.25, 0.3) is 0 Å². The van der Waals surface area contributed by atoms with Crippen LogP contribution in [0.2, 0.25) is 0 Å². The van der Waals surface area contributed by atoms with E-state index in [0.29, 0.717) is 0 Å². The molecule has 0 aromatic heterocycles. The lowest BCUT2D eigenvalue weighted by Gasteiger charge is -2.36. The van der Waals surface area contributed by atoms with Crippen LogP contribution in [0, 0.1) is 11.3 Å². The zero-order chi connectivity index (χ0) is 9.07.